The molecule has 1 aromatic heterocycles. The highest BCUT2D eigenvalue weighted by molar-refractivity contribution is 6.34. The molecular formula is C28H21ClFN3O4. The second-order valence-corrected chi connectivity index (χ2v) is 9.19. The molecule has 0 unspecified atom stereocenters. The van der Waals surface area contributed by atoms with Crippen molar-refractivity contribution in [2.75, 3.05) is 14.2 Å². The molecule has 1 fully saturated rings. The van der Waals surface area contributed by atoms with E-state index >= 15 is 0 Å². The molecule has 37 heavy (non-hydrogen) atoms. The van der Waals surface area contributed by atoms with Gasteiger partial charge in [-0.05, 0) is 60.9 Å². The first-order valence-corrected chi connectivity index (χ1v) is 11.8. The van der Waals surface area contributed by atoms with Gasteiger partial charge in [-0.25, -0.2) is 4.39 Å². The zero-order chi connectivity index (χ0) is 26.3. The van der Waals surface area contributed by atoms with Gasteiger partial charge in [0.05, 0.1) is 29.3 Å². The average Bonchev–Trinajstić information content (AvgIpc) is 3.58. The molecule has 0 aliphatic heterocycles. The first kappa shape index (κ1) is 24.3. The van der Waals surface area contributed by atoms with Gasteiger partial charge in [0.25, 0.3) is 11.8 Å². The quantitative estimate of drug-likeness (QED) is 0.341. The number of nitrogens with zero attached hydrogens (tertiary/aromatic N) is 1. The van der Waals surface area contributed by atoms with E-state index in [0.29, 0.717) is 56.8 Å². The van der Waals surface area contributed by atoms with Crippen LogP contribution in [0.4, 0.5) is 4.39 Å². The highest BCUT2D eigenvalue weighted by Crippen LogP contribution is 2.40. The Labute approximate surface area is 216 Å². The van der Waals surface area contributed by atoms with Crippen LogP contribution in [-0.4, -0.2) is 31.5 Å². The van der Waals surface area contributed by atoms with Crippen LogP contribution in [0.15, 0.2) is 59.0 Å². The van der Waals surface area contributed by atoms with Gasteiger partial charge in [-0.15, -0.1) is 0 Å². The summed E-state index contributed by atoms with van der Waals surface area (Å²) < 4.78 is 24.9. The summed E-state index contributed by atoms with van der Waals surface area (Å²) in [6.45, 7) is 0. The lowest BCUT2D eigenvalue weighted by Crippen LogP contribution is -2.35. The number of carbonyl (C=O) groups excluding carboxylic acids is 2. The molecule has 1 saturated carbocycles. The van der Waals surface area contributed by atoms with Crippen molar-refractivity contribution in [2.24, 2.45) is 0 Å². The summed E-state index contributed by atoms with van der Waals surface area (Å²) >= 11 is 6.59. The number of hydrogen-bond donors (Lipinski definition) is 2. The molecule has 9 heteroatoms. The molecule has 5 rings (SSSR count). The monoisotopic (exact) mass is 517 g/mol. The number of benzene rings is 3. The fraction of sp³-hybridized carbons (Fsp3) is 0.179. The third kappa shape index (κ3) is 4.39. The highest BCUT2D eigenvalue weighted by Gasteiger charge is 2.45. The highest BCUT2D eigenvalue weighted by atomic mass is 35.5. The van der Waals surface area contributed by atoms with Crippen molar-refractivity contribution in [3.05, 3.63) is 76.6 Å². The Morgan fingerprint density at radius 3 is 2.41 bits per heavy atom. The van der Waals surface area contributed by atoms with E-state index in [4.69, 9.17) is 20.8 Å². The van der Waals surface area contributed by atoms with Crippen molar-refractivity contribution >= 4 is 34.4 Å². The third-order valence-corrected chi connectivity index (χ3v) is 6.72. The second-order valence-electron chi connectivity index (χ2n) is 8.78. The van der Waals surface area contributed by atoms with E-state index in [9.17, 15) is 19.2 Å². The van der Waals surface area contributed by atoms with Crippen molar-refractivity contribution in [1.29, 1.82) is 5.26 Å². The first-order chi connectivity index (χ1) is 17.8. The Kier molecular flexibility index (Phi) is 6.10. The zero-order valence-corrected chi connectivity index (χ0v) is 20.7. The molecule has 0 bridgehead atoms. The van der Waals surface area contributed by atoms with Crippen LogP contribution in [0.2, 0.25) is 5.02 Å². The maximum absolute atomic E-state index is 13.5. The normalized spacial score (nSPS) is 13.6. The summed E-state index contributed by atoms with van der Waals surface area (Å²) in [6.07, 6.45) is 1.18. The zero-order valence-electron chi connectivity index (χ0n) is 19.9. The molecule has 1 aliphatic rings. The average molecular weight is 518 g/mol. The SMILES string of the molecule is CNC(=O)c1c(-c2ccc(F)cc2)oc2ccc(-c3cc(C(=O)NC4(C#N)CC4)c(OC)cc3Cl)cc12. The Balaban J connectivity index is 1.64. The Bertz CT molecular complexity index is 1600. The molecule has 1 aliphatic carbocycles. The number of halogens is 2. The number of ether oxygens (including phenoxy) is 1. The fourth-order valence-electron chi connectivity index (χ4n) is 4.22. The van der Waals surface area contributed by atoms with Crippen LogP contribution >= 0.6 is 11.6 Å². The van der Waals surface area contributed by atoms with Gasteiger partial charge in [0, 0.05) is 29.6 Å². The lowest BCUT2D eigenvalue weighted by molar-refractivity contribution is 0.0936. The summed E-state index contributed by atoms with van der Waals surface area (Å²) in [7, 11) is 2.95. The van der Waals surface area contributed by atoms with Gasteiger partial charge in [0.2, 0.25) is 0 Å². The van der Waals surface area contributed by atoms with Crippen molar-refractivity contribution in [3.63, 3.8) is 0 Å². The minimum atomic E-state index is -0.850. The van der Waals surface area contributed by atoms with Crippen molar-refractivity contribution < 1.29 is 23.1 Å². The molecule has 0 spiro atoms. The van der Waals surface area contributed by atoms with E-state index in [0.717, 1.165) is 0 Å². The van der Waals surface area contributed by atoms with E-state index in [2.05, 4.69) is 16.7 Å². The lowest BCUT2D eigenvalue weighted by atomic mass is 9.98. The molecule has 7 nitrogen and oxygen atoms in total. The topological polar surface area (TPSA) is 104 Å². The molecule has 186 valence electrons. The van der Waals surface area contributed by atoms with Gasteiger partial charge < -0.3 is 19.8 Å². The van der Waals surface area contributed by atoms with Crippen LogP contribution in [0.3, 0.4) is 0 Å². The van der Waals surface area contributed by atoms with Gasteiger partial charge in [0.1, 0.15) is 28.4 Å². The number of methoxy groups -OCH3 is 1. The molecule has 2 N–H and O–H groups in total. The van der Waals surface area contributed by atoms with Crippen molar-refractivity contribution in [2.45, 2.75) is 18.4 Å². The van der Waals surface area contributed by atoms with Crippen LogP contribution in [0, 0.1) is 17.1 Å². The fourth-order valence-corrected chi connectivity index (χ4v) is 4.48. The van der Waals surface area contributed by atoms with Crippen molar-refractivity contribution in [1.82, 2.24) is 10.6 Å². The summed E-state index contributed by atoms with van der Waals surface area (Å²) in [4.78, 5) is 25.9. The van der Waals surface area contributed by atoms with Crippen LogP contribution in [0.5, 0.6) is 5.75 Å². The van der Waals surface area contributed by atoms with E-state index in [-0.39, 0.29) is 17.2 Å². The number of nitriles is 1. The number of amides is 2. The number of carbonyl (C=O) groups is 2. The number of nitrogens with one attached hydrogen (secondary N) is 2. The Morgan fingerprint density at radius 2 is 1.78 bits per heavy atom. The summed E-state index contributed by atoms with van der Waals surface area (Å²) in [5.41, 5.74) is 1.83. The predicted molar refractivity (Wildman–Crippen MR) is 137 cm³/mol. The molecule has 2 amide bonds. The maximum atomic E-state index is 13.5. The number of fused-ring (bicyclic) bond motifs is 1. The Morgan fingerprint density at radius 1 is 1.08 bits per heavy atom. The van der Waals surface area contributed by atoms with Gasteiger partial charge in [-0.2, -0.15) is 5.26 Å². The number of rotatable bonds is 6. The Hall–Kier alpha value is -4.35. The molecule has 1 heterocycles. The summed E-state index contributed by atoms with van der Waals surface area (Å²) in [6, 6.07) is 16.2. The van der Waals surface area contributed by atoms with E-state index < -0.39 is 17.3 Å². The molecule has 0 radical (unpaired) electrons. The van der Waals surface area contributed by atoms with Crippen molar-refractivity contribution in [3.8, 4) is 34.3 Å². The van der Waals surface area contributed by atoms with Crippen LogP contribution < -0.4 is 15.4 Å². The third-order valence-electron chi connectivity index (χ3n) is 6.41. The van der Waals surface area contributed by atoms with Crippen LogP contribution in [0.25, 0.3) is 33.4 Å². The smallest absolute Gasteiger partial charge is 0.256 e. The van der Waals surface area contributed by atoms with Crippen LogP contribution in [-0.2, 0) is 0 Å². The summed E-state index contributed by atoms with van der Waals surface area (Å²) in [5, 5.41) is 15.6. The molecule has 3 aromatic carbocycles. The predicted octanol–water partition coefficient (Wildman–Crippen LogP) is 5.71. The molecule has 0 atom stereocenters. The lowest BCUT2D eigenvalue weighted by Gasteiger charge is -2.15. The molecular weight excluding hydrogens is 497 g/mol. The van der Waals surface area contributed by atoms with Gasteiger partial charge in [-0.3, -0.25) is 9.59 Å². The van der Waals surface area contributed by atoms with Gasteiger partial charge in [0.15, 0.2) is 0 Å². The largest absolute Gasteiger partial charge is 0.496 e. The summed E-state index contributed by atoms with van der Waals surface area (Å²) in [5.74, 6) is -0.641. The molecule has 4 aromatic rings. The minimum absolute atomic E-state index is 0.231. The maximum Gasteiger partial charge on any atom is 0.256 e. The van der Waals surface area contributed by atoms with E-state index in [1.165, 1.54) is 26.3 Å². The van der Waals surface area contributed by atoms with E-state index in [1.807, 2.05) is 0 Å². The minimum Gasteiger partial charge on any atom is -0.496 e. The van der Waals surface area contributed by atoms with Gasteiger partial charge in [-0.1, -0.05) is 17.7 Å². The van der Waals surface area contributed by atoms with E-state index in [1.54, 1.807) is 42.5 Å². The first-order valence-electron chi connectivity index (χ1n) is 11.5. The van der Waals surface area contributed by atoms with Crippen LogP contribution in [0.1, 0.15) is 33.6 Å². The van der Waals surface area contributed by atoms with Gasteiger partial charge >= 0.3 is 0 Å². The standard InChI is InChI=1S/C28H21ClFN3O4/c1-32-27(35)24-19-11-16(5-8-22(19)37-25(24)15-3-6-17(30)7-4-15)18-12-20(23(36-2)13-21(18)29)26(34)33-28(14-31)9-10-28/h3-8,11-13H,9-10H2,1-2H3,(H,32,35)(H,33,34). The molecule has 0 saturated heterocycles. The number of furan rings is 1. The number of hydrogen-bond acceptors (Lipinski definition) is 5. The second kappa shape index (κ2) is 9.26.